The van der Waals surface area contributed by atoms with Crippen LogP contribution < -0.4 is 11.5 Å². The lowest BCUT2D eigenvalue weighted by Crippen LogP contribution is -2.22. The fourth-order valence-electron chi connectivity index (χ4n) is 1.58. The summed E-state index contributed by atoms with van der Waals surface area (Å²) in [5, 5.41) is 0. The minimum atomic E-state index is 0.0502. The Bertz CT molecular complexity index is 457. The fourth-order valence-corrected chi connectivity index (χ4v) is 1.58. The van der Waals surface area contributed by atoms with E-state index in [1.807, 2.05) is 18.2 Å². The summed E-state index contributed by atoms with van der Waals surface area (Å²) in [4.78, 5) is 10.1. The molecule has 0 spiro atoms. The molecule has 5 heteroatoms. The van der Waals surface area contributed by atoms with Crippen LogP contribution in [0.2, 0.25) is 0 Å². The van der Waals surface area contributed by atoms with E-state index in [-0.39, 0.29) is 5.96 Å². The quantitative estimate of drug-likeness (QED) is 0.589. The van der Waals surface area contributed by atoms with E-state index in [0.717, 1.165) is 18.8 Å². The zero-order chi connectivity index (χ0) is 12.1. The molecule has 1 aromatic rings. The number of nitrogens with two attached hydrogens (primary N) is 2. The zero-order valence-corrected chi connectivity index (χ0v) is 9.45. The smallest absolute Gasteiger partial charge is 0.190 e. The highest BCUT2D eigenvalue weighted by Gasteiger charge is 2.10. The van der Waals surface area contributed by atoms with Gasteiger partial charge < -0.3 is 16.4 Å². The van der Waals surface area contributed by atoms with Crippen molar-refractivity contribution in [3.05, 3.63) is 47.8 Å². The minimum Gasteiger partial charge on any atom is -0.370 e. The van der Waals surface area contributed by atoms with Crippen molar-refractivity contribution >= 4 is 12.3 Å². The molecule has 0 fully saturated rings. The molecule has 2 rings (SSSR count). The van der Waals surface area contributed by atoms with E-state index in [4.69, 9.17) is 11.5 Å². The molecule has 0 atom stereocenters. The van der Waals surface area contributed by atoms with E-state index in [0.29, 0.717) is 0 Å². The van der Waals surface area contributed by atoms with Crippen molar-refractivity contribution in [1.82, 2.24) is 4.90 Å². The number of hydrogen-bond donors (Lipinski definition) is 2. The van der Waals surface area contributed by atoms with Crippen LogP contribution in [0, 0.1) is 0 Å². The van der Waals surface area contributed by atoms with Crippen LogP contribution in [0.4, 0.5) is 0 Å². The van der Waals surface area contributed by atoms with Gasteiger partial charge in [0.15, 0.2) is 5.96 Å². The second kappa shape index (κ2) is 5.16. The molecule has 0 saturated carbocycles. The Hall–Kier alpha value is -2.30. The number of guanidine groups is 1. The van der Waals surface area contributed by atoms with Gasteiger partial charge in [0.1, 0.15) is 0 Å². The molecule has 1 aromatic carbocycles. The first-order valence-corrected chi connectivity index (χ1v) is 5.34. The van der Waals surface area contributed by atoms with E-state index in [9.17, 15) is 0 Å². The molecule has 4 N–H and O–H groups in total. The molecule has 1 heterocycles. The number of hydrogen-bond acceptors (Lipinski definition) is 3. The highest BCUT2D eigenvalue weighted by Crippen LogP contribution is 2.11. The van der Waals surface area contributed by atoms with Gasteiger partial charge in [-0.2, -0.15) is 0 Å². The van der Waals surface area contributed by atoms with Gasteiger partial charge in [0.05, 0.1) is 24.8 Å². The van der Waals surface area contributed by atoms with Crippen molar-refractivity contribution < 1.29 is 0 Å². The lowest BCUT2D eigenvalue weighted by atomic mass is 10.2. The molecule has 5 nitrogen and oxygen atoms in total. The topological polar surface area (TPSA) is 80.0 Å². The van der Waals surface area contributed by atoms with Crippen LogP contribution in [0.5, 0.6) is 0 Å². The van der Waals surface area contributed by atoms with Crippen molar-refractivity contribution in [1.29, 1.82) is 0 Å². The lowest BCUT2D eigenvalue weighted by molar-refractivity contribution is 0.478. The van der Waals surface area contributed by atoms with Crippen LogP contribution in [0.1, 0.15) is 5.56 Å². The largest absolute Gasteiger partial charge is 0.370 e. The van der Waals surface area contributed by atoms with Gasteiger partial charge in [-0.1, -0.05) is 30.3 Å². The fraction of sp³-hybridized carbons (Fsp3) is 0.167. The summed E-state index contributed by atoms with van der Waals surface area (Å²) in [6, 6.07) is 10.2. The first kappa shape index (κ1) is 11.2. The summed E-state index contributed by atoms with van der Waals surface area (Å²) in [6.45, 7) is 1.56. The van der Waals surface area contributed by atoms with Gasteiger partial charge >= 0.3 is 0 Å². The van der Waals surface area contributed by atoms with Gasteiger partial charge in [0.2, 0.25) is 0 Å². The van der Waals surface area contributed by atoms with Gasteiger partial charge in [-0.05, 0) is 5.56 Å². The average Bonchev–Trinajstić information content (AvgIpc) is 2.75. The second-order valence-corrected chi connectivity index (χ2v) is 3.81. The van der Waals surface area contributed by atoms with E-state index in [1.54, 1.807) is 12.5 Å². The summed E-state index contributed by atoms with van der Waals surface area (Å²) < 4.78 is 0. The average molecular weight is 229 g/mol. The van der Waals surface area contributed by atoms with Crippen LogP contribution in [0.25, 0.3) is 0 Å². The molecule has 1 aliphatic rings. The first-order chi connectivity index (χ1) is 8.24. The Morgan fingerprint density at radius 2 is 2.12 bits per heavy atom. The van der Waals surface area contributed by atoms with E-state index >= 15 is 0 Å². The van der Waals surface area contributed by atoms with E-state index in [1.165, 1.54) is 5.56 Å². The highest BCUT2D eigenvalue weighted by molar-refractivity contribution is 5.76. The van der Waals surface area contributed by atoms with Crippen molar-refractivity contribution in [3.63, 3.8) is 0 Å². The van der Waals surface area contributed by atoms with E-state index < -0.39 is 0 Å². The number of nitrogens with zero attached hydrogens (tertiary/aromatic N) is 3. The standard InChI is InChI=1S/C12H15N5/c13-12(14)15-6-11-8-17(9-16-11)7-10-4-2-1-3-5-10/h1-6,9H,7-8H2,(H4,13,14,15)/b11-6+. The molecule has 0 aromatic heterocycles. The predicted octanol–water partition coefficient (Wildman–Crippen LogP) is 0.645. The Morgan fingerprint density at radius 1 is 1.35 bits per heavy atom. The summed E-state index contributed by atoms with van der Waals surface area (Å²) in [5.74, 6) is 0.0502. The highest BCUT2D eigenvalue weighted by atomic mass is 15.2. The van der Waals surface area contributed by atoms with Crippen molar-refractivity contribution in [2.75, 3.05) is 6.54 Å². The van der Waals surface area contributed by atoms with Crippen molar-refractivity contribution in [3.8, 4) is 0 Å². The van der Waals surface area contributed by atoms with Gasteiger partial charge in [0, 0.05) is 6.54 Å². The maximum Gasteiger partial charge on any atom is 0.190 e. The summed E-state index contributed by atoms with van der Waals surface area (Å²) in [5.41, 5.74) is 12.6. The molecular weight excluding hydrogens is 214 g/mol. The molecule has 0 amide bonds. The lowest BCUT2D eigenvalue weighted by Gasteiger charge is -2.13. The van der Waals surface area contributed by atoms with Gasteiger partial charge in [-0.3, -0.25) is 0 Å². The third kappa shape index (κ3) is 3.34. The Labute approximate surface area is 100 Å². The zero-order valence-electron chi connectivity index (χ0n) is 9.45. The van der Waals surface area contributed by atoms with Gasteiger partial charge in [0.25, 0.3) is 0 Å². The summed E-state index contributed by atoms with van der Waals surface area (Å²) >= 11 is 0. The van der Waals surface area contributed by atoms with Crippen LogP contribution in [0.15, 0.2) is 52.2 Å². The predicted molar refractivity (Wildman–Crippen MR) is 69.2 cm³/mol. The number of benzene rings is 1. The van der Waals surface area contributed by atoms with E-state index in [2.05, 4.69) is 27.0 Å². The third-order valence-electron chi connectivity index (χ3n) is 2.34. The van der Waals surface area contributed by atoms with Gasteiger partial charge in [-0.15, -0.1) is 0 Å². The van der Waals surface area contributed by atoms with Crippen molar-refractivity contribution in [2.24, 2.45) is 21.5 Å². The SMILES string of the molecule is NC(N)=N/C=C1\CN(Cc2ccccc2)C=N1. The second-order valence-electron chi connectivity index (χ2n) is 3.81. The third-order valence-corrected chi connectivity index (χ3v) is 2.34. The Morgan fingerprint density at radius 3 is 2.82 bits per heavy atom. The maximum atomic E-state index is 5.25. The molecule has 0 unspecified atom stereocenters. The molecule has 0 radical (unpaired) electrons. The summed E-state index contributed by atoms with van der Waals surface area (Å²) in [6.07, 6.45) is 3.40. The molecular formula is C12H15N5. The molecule has 0 bridgehead atoms. The molecule has 0 aliphatic carbocycles. The molecule has 0 saturated heterocycles. The molecule has 17 heavy (non-hydrogen) atoms. The van der Waals surface area contributed by atoms with Crippen LogP contribution >= 0.6 is 0 Å². The first-order valence-electron chi connectivity index (χ1n) is 5.34. The van der Waals surface area contributed by atoms with Gasteiger partial charge in [-0.25, -0.2) is 9.98 Å². The monoisotopic (exact) mass is 229 g/mol. The van der Waals surface area contributed by atoms with Crippen LogP contribution in [-0.2, 0) is 6.54 Å². The van der Waals surface area contributed by atoms with Crippen LogP contribution in [-0.4, -0.2) is 23.7 Å². The Balaban J connectivity index is 1.94. The maximum absolute atomic E-state index is 5.25. The Kier molecular flexibility index (Phi) is 3.40. The van der Waals surface area contributed by atoms with Crippen molar-refractivity contribution in [2.45, 2.75) is 6.54 Å². The normalized spacial score (nSPS) is 16.5. The minimum absolute atomic E-state index is 0.0502. The summed E-state index contributed by atoms with van der Waals surface area (Å²) in [7, 11) is 0. The number of aliphatic imine (C=N–C) groups is 2. The molecule has 1 aliphatic heterocycles. The number of rotatable bonds is 3. The molecule has 88 valence electrons. The van der Waals surface area contributed by atoms with Crippen LogP contribution in [0.3, 0.4) is 0 Å².